The maximum absolute atomic E-state index is 11.7. The summed E-state index contributed by atoms with van der Waals surface area (Å²) in [5.74, 6) is 0.662. The summed E-state index contributed by atoms with van der Waals surface area (Å²) < 4.78 is 0. The van der Waals surface area contributed by atoms with Gasteiger partial charge in [-0.3, -0.25) is 4.79 Å². The average molecular weight is 184 g/mol. The number of rotatable bonds is 4. The third-order valence-electron chi connectivity index (χ3n) is 2.78. The first-order chi connectivity index (χ1) is 6.25. The zero-order valence-electron chi connectivity index (χ0n) is 8.68. The van der Waals surface area contributed by atoms with Crippen LogP contribution < -0.4 is 5.32 Å². The molecule has 0 spiro atoms. The molecule has 0 atom stereocenters. The Morgan fingerprint density at radius 2 is 2.08 bits per heavy atom. The van der Waals surface area contributed by atoms with Crippen molar-refractivity contribution in [1.82, 2.24) is 10.2 Å². The van der Waals surface area contributed by atoms with Gasteiger partial charge in [0.15, 0.2) is 0 Å². The number of amides is 1. The minimum atomic E-state index is 0.321. The number of hydrogen-bond donors (Lipinski definition) is 1. The molecule has 1 fully saturated rings. The normalized spacial score (nSPS) is 17.7. The highest BCUT2D eigenvalue weighted by molar-refractivity contribution is 5.78. The second kappa shape index (κ2) is 5.22. The predicted molar refractivity (Wildman–Crippen MR) is 53.5 cm³/mol. The molecule has 1 rings (SSSR count). The third-order valence-corrected chi connectivity index (χ3v) is 2.78. The molecule has 0 aromatic heterocycles. The van der Waals surface area contributed by atoms with E-state index in [0.29, 0.717) is 11.8 Å². The molecule has 0 bridgehead atoms. The molecule has 3 heteroatoms. The van der Waals surface area contributed by atoms with E-state index < -0.39 is 0 Å². The second-order valence-corrected chi connectivity index (χ2v) is 3.84. The van der Waals surface area contributed by atoms with Crippen LogP contribution in [-0.2, 0) is 4.79 Å². The summed E-state index contributed by atoms with van der Waals surface area (Å²) in [5, 5.41) is 3.05. The van der Waals surface area contributed by atoms with Crippen LogP contribution >= 0.6 is 0 Å². The number of carbonyl (C=O) groups excluding carboxylic acids is 1. The lowest BCUT2D eigenvalue weighted by atomic mass is 10.1. The van der Waals surface area contributed by atoms with Crippen LogP contribution in [0.25, 0.3) is 0 Å². The van der Waals surface area contributed by atoms with Crippen LogP contribution in [-0.4, -0.2) is 38.0 Å². The molecule has 0 unspecified atom stereocenters. The summed E-state index contributed by atoms with van der Waals surface area (Å²) in [6, 6.07) is 0. The standard InChI is InChI=1S/C10H20N2O/c1-11-7-8-12(2)10(13)9-5-3-4-6-9/h9,11H,3-8H2,1-2H3. The van der Waals surface area contributed by atoms with Crippen molar-refractivity contribution in [3.63, 3.8) is 0 Å². The van der Waals surface area contributed by atoms with Gasteiger partial charge in [0.2, 0.25) is 5.91 Å². The van der Waals surface area contributed by atoms with Crippen molar-refractivity contribution in [3.8, 4) is 0 Å². The van der Waals surface area contributed by atoms with E-state index >= 15 is 0 Å². The first-order valence-electron chi connectivity index (χ1n) is 5.15. The van der Waals surface area contributed by atoms with Crippen LogP contribution in [0.1, 0.15) is 25.7 Å². The molecule has 13 heavy (non-hydrogen) atoms. The number of carbonyl (C=O) groups is 1. The molecule has 3 nitrogen and oxygen atoms in total. The first kappa shape index (κ1) is 10.5. The zero-order valence-corrected chi connectivity index (χ0v) is 8.68. The Morgan fingerprint density at radius 1 is 1.46 bits per heavy atom. The van der Waals surface area contributed by atoms with Crippen LogP contribution in [0.5, 0.6) is 0 Å². The summed E-state index contributed by atoms with van der Waals surface area (Å²) in [7, 11) is 3.81. The Bertz CT molecular complexity index is 164. The molecule has 1 amide bonds. The number of nitrogens with one attached hydrogen (secondary N) is 1. The zero-order chi connectivity index (χ0) is 9.68. The molecule has 1 N–H and O–H groups in total. The van der Waals surface area contributed by atoms with Gasteiger partial charge in [-0.25, -0.2) is 0 Å². The lowest BCUT2D eigenvalue weighted by molar-refractivity contribution is -0.133. The van der Waals surface area contributed by atoms with Crippen LogP contribution in [0.3, 0.4) is 0 Å². The summed E-state index contributed by atoms with van der Waals surface area (Å²) in [6.07, 6.45) is 4.66. The monoisotopic (exact) mass is 184 g/mol. The highest BCUT2D eigenvalue weighted by atomic mass is 16.2. The molecule has 0 aliphatic heterocycles. The van der Waals surface area contributed by atoms with Crippen LogP contribution in [0.4, 0.5) is 0 Å². The molecule has 0 aromatic carbocycles. The van der Waals surface area contributed by atoms with Crippen LogP contribution in [0.15, 0.2) is 0 Å². The van der Waals surface area contributed by atoms with Gasteiger partial charge in [0.1, 0.15) is 0 Å². The van der Waals surface area contributed by atoms with Gasteiger partial charge >= 0.3 is 0 Å². The van der Waals surface area contributed by atoms with Crippen molar-refractivity contribution >= 4 is 5.91 Å². The van der Waals surface area contributed by atoms with Gasteiger partial charge in [0.05, 0.1) is 0 Å². The van der Waals surface area contributed by atoms with Crippen molar-refractivity contribution in [2.75, 3.05) is 27.2 Å². The molecule has 0 saturated heterocycles. The minimum Gasteiger partial charge on any atom is -0.344 e. The second-order valence-electron chi connectivity index (χ2n) is 3.84. The van der Waals surface area contributed by atoms with E-state index in [1.165, 1.54) is 12.8 Å². The lowest BCUT2D eigenvalue weighted by Gasteiger charge is -2.20. The maximum Gasteiger partial charge on any atom is 0.225 e. The Morgan fingerprint density at radius 3 is 2.62 bits per heavy atom. The van der Waals surface area contributed by atoms with Crippen molar-refractivity contribution in [3.05, 3.63) is 0 Å². The van der Waals surface area contributed by atoms with Gasteiger partial charge < -0.3 is 10.2 Å². The topological polar surface area (TPSA) is 32.3 Å². The third kappa shape index (κ3) is 2.99. The molecular weight excluding hydrogens is 164 g/mol. The van der Waals surface area contributed by atoms with Gasteiger partial charge in [-0.1, -0.05) is 12.8 Å². The molecule has 0 radical (unpaired) electrons. The Hall–Kier alpha value is -0.570. The molecule has 1 aliphatic carbocycles. The quantitative estimate of drug-likeness (QED) is 0.702. The van der Waals surface area contributed by atoms with Crippen molar-refractivity contribution in [1.29, 1.82) is 0 Å². The van der Waals surface area contributed by atoms with Crippen LogP contribution in [0.2, 0.25) is 0 Å². The summed E-state index contributed by atoms with van der Waals surface area (Å²) >= 11 is 0. The van der Waals surface area contributed by atoms with Crippen molar-refractivity contribution in [2.45, 2.75) is 25.7 Å². The minimum absolute atomic E-state index is 0.321. The fourth-order valence-electron chi connectivity index (χ4n) is 1.87. The van der Waals surface area contributed by atoms with Crippen molar-refractivity contribution < 1.29 is 4.79 Å². The average Bonchev–Trinajstić information content (AvgIpc) is 2.65. The maximum atomic E-state index is 11.7. The number of nitrogens with zero attached hydrogens (tertiary/aromatic N) is 1. The van der Waals surface area contributed by atoms with Gasteiger partial charge in [-0.05, 0) is 19.9 Å². The summed E-state index contributed by atoms with van der Waals surface area (Å²) in [6.45, 7) is 1.71. The van der Waals surface area contributed by atoms with Gasteiger partial charge in [0, 0.05) is 26.1 Å². The molecule has 1 aliphatic rings. The largest absolute Gasteiger partial charge is 0.344 e. The lowest BCUT2D eigenvalue weighted by Crippen LogP contribution is -2.36. The van der Waals surface area contributed by atoms with E-state index in [0.717, 1.165) is 25.9 Å². The highest BCUT2D eigenvalue weighted by Crippen LogP contribution is 2.25. The van der Waals surface area contributed by atoms with E-state index in [-0.39, 0.29) is 0 Å². The fourth-order valence-corrected chi connectivity index (χ4v) is 1.87. The predicted octanol–water partition coefficient (Wildman–Crippen LogP) is 0.854. The Kier molecular flexibility index (Phi) is 4.22. The SMILES string of the molecule is CNCCN(C)C(=O)C1CCCC1. The molecule has 0 heterocycles. The van der Waals surface area contributed by atoms with Gasteiger partial charge in [-0.15, -0.1) is 0 Å². The van der Waals surface area contributed by atoms with E-state index in [2.05, 4.69) is 5.32 Å². The van der Waals surface area contributed by atoms with Crippen molar-refractivity contribution in [2.24, 2.45) is 5.92 Å². The first-order valence-corrected chi connectivity index (χ1v) is 5.15. The smallest absolute Gasteiger partial charge is 0.225 e. The van der Waals surface area contributed by atoms with E-state index in [9.17, 15) is 4.79 Å². The van der Waals surface area contributed by atoms with Crippen LogP contribution in [0, 0.1) is 5.92 Å². The molecular formula is C10H20N2O. The fraction of sp³-hybridized carbons (Fsp3) is 0.900. The van der Waals surface area contributed by atoms with Gasteiger partial charge in [0.25, 0.3) is 0 Å². The van der Waals surface area contributed by atoms with E-state index in [4.69, 9.17) is 0 Å². The number of likely N-dealkylation sites (N-methyl/N-ethyl adjacent to an activating group) is 2. The highest BCUT2D eigenvalue weighted by Gasteiger charge is 2.24. The van der Waals surface area contributed by atoms with E-state index in [1.54, 1.807) is 0 Å². The van der Waals surface area contributed by atoms with E-state index in [1.807, 2.05) is 19.0 Å². The molecule has 1 saturated carbocycles. The molecule has 76 valence electrons. The summed E-state index contributed by atoms with van der Waals surface area (Å²) in [4.78, 5) is 13.6. The summed E-state index contributed by atoms with van der Waals surface area (Å²) in [5.41, 5.74) is 0. The Balaban J connectivity index is 2.28. The number of hydrogen-bond acceptors (Lipinski definition) is 2. The Labute approximate surface area is 80.5 Å². The molecule has 0 aromatic rings. The van der Waals surface area contributed by atoms with Gasteiger partial charge in [-0.2, -0.15) is 0 Å².